The third-order valence-corrected chi connectivity index (χ3v) is 1.83. The van der Waals surface area contributed by atoms with Crippen molar-refractivity contribution in [2.24, 2.45) is 0 Å². The molecule has 1 aliphatic rings. The van der Waals surface area contributed by atoms with Crippen LogP contribution in [0.5, 0.6) is 0 Å². The fraction of sp³-hybridized carbons (Fsp3) is 0.750. The molecule has 0 saturated heterocycles. The molecule has 0 fully saturated rings. The van der Waals surface area contributed by atoms with Gasteiger partial charge < -0.3 is 10.1 Å². The molecule has 0 amide bonds. The summed E-state index contributed by atoms with van der Waals surface area (Å²) in [4.78, 5) is 0. The van der Waals surface area contributed by atoms with Crippen molar-refractivity contribution in [3.8, 4) is 0 Å². The summed E-state index contributed by atoms with van der Waals surface area (Å²) >= 11 is 0. The highest BCUT2D eigenvalue weighted by molar-refractivity contribution is 4.92. The van der Waals surface area contributed by atoms with Crippen molar-refractivity contribution in [3.05, 3.63) is 12.3 Å². The Labute approximate surface area is 67.9 Å². The van der Waals surface area contributed by atoms with Crippen LogP contribution in [0, 0.1) is 0 Å². The highest BCUT2D eigenvalue weighted by Gasteiger charge is 2.17. The van der Waals surface area contributed by atoms with Gasteiger partial charge in [0.05, 0.1) is 13.2 Å². The van der Waals surface area contributed by atoms with Gasteiger partial charge in [0, 0.05) is 18.8 Å². The molecular formula is C8H16N2O. The average Bonchev–Trinajstić information content (AvgIpc) is 2.36. The first-order chi connectivity index (χ1) is 5.25. The van der Waals surface area contributed by atoms with E-state index in [1.54, 1.807) is 0 Å². The summed E-state index contributed by atoms with van der Waals surface area (Å²) < 4.78 is 0. The minimum Gasteiger partial charge on any atom is -0.394 e. The fourth-order valence-electron chi connectivity index (χ4n) is 1.28. The Morgan fingerprint density at radius 2 is 2.27 bits per heavy atom. The van der Waals surface area contributed by atoms with Crippen molar-refractivity contribution in [1.29, 1.82) is 0 Å². The zero-order valence-corrected chi connectivity index (χ0v) is 7.20. The number of rotatable bonds is 3. The van der Waals surface area contributed by atoms with E-state index in [1.807, 2.05) is 6.20 Å². The van der Waals surface area contributed by atoms with Gasteiger partial charge in [0.15, 0.2) is 0 Å². The maximum Gasteiger partial charge on any atom is 0.0622 e. The predicted octanol–water partition coefficient (Wildman–Crippen LogP) is 0.433. The molecule has 1 rings (SSSR count). The molecule has 64 valence electrons. The predicted molar refractivity (Wildman–Crippen MR) is 44.8 cm³/mol. The average molecular weight is 156 g/mol. The maximum absolute atomic E-state index is 8.72. The molecule has 1 N–H and O–H groups in total. The Hall–Kier alpha value is -0.540. The first-order valence-electron chi connectivity index (χ1n) is 4.06. The van der Waals surface area contributed by atoms with Gasteiger partial charge in [-0.2, -0.15) is 0 Å². The summed E-state index contributed by atoms with van der Waals surface area (Å²) in [6.07, 6.45) is 4.13. The standard InChI is InChI=1S/C8H16N2O/c1-8(2)10-5-3-4-9(10)6-7-11/h3-4,8,11H,5-7H2,1-2H3. The topological polar surface area (TPSA) is 26.7 Å². The van der Waals surface area contributed by atoms with Crippen LogP contribution < -0.4 is 0 Å². The van der Waals surface area contributed by atoms with Crippen molar-refractivity contribution in [2.45, 2.75) is 19.9 Å². The third-order valence-electron chi connectivity index (χ3n) is 1.83. The van der Waals surface area contributed by atoms with Gasteiger partial charge in [0.2, 0.25) is 0 Å². The summed E-state index contributed by atoms with van der Waals surface area (Å²) in [5, 5.41) is 13.0. The Morgan fingerprint density at radius 3 is 2.82 bits per heavy atom. The van der Waals surface area contributed by atoms with Gasteiger partial charge in [0.1, 0.15) is 0 Å². The quantitative estimate of drug-likeness (QED) is 0.642. The van der Waals surface area contributed by atoms with Crippen LogP contribution in [0.4, 0.5) is 0 Å². The molecule has 0 radical (unpaired) electrons. The second-order valence-electron chi connectivity index (χ2n) is 2.99. The molecule has 0 atom stereocenters. The van der Waals surface area contributed by atoms with Gasteiger partial charge in [0.25, 0.3) is 0 Å². The van der Waals surface area contributed by atoms with Crippen LogP contribution in [-0.4, -0.2) is 40.9 Å². The molecule has 0 aromatic heterocycles. The Bertz CT molecular complexity index is 145. The normalized spacial score (nSPS) is 18.7. The van der Waals surface area contributed by atoms with E-state index in [-0.39, 0.29) is 6.61 Å². The van der Waals surface area contributed by atoms with Crippen LogP contribution in [-0.2, 0) is 0 Å². The lowest BCUT2D eigenvalue weighted by Gasteiger charge is -2.31. The van der Waals surface area contributed by atoms with Crippen LogP contribution in [0.3, 0.4) is 0 Å². The number of nitrogens with zero attached hydrogens (tertiary/aromatic N) is 2. The van der Waals surface area contributed by atoms with Crippen LogP contribution in [0.25, 0.3) is 0 Å². The van der Waals surface area contributed by atoms with Crippen molar-refractivity contribution >= 4 is 0 Å². The lowest BCUT2D eigenvalue weighted by molar-refractivity contribution is 0.00850. The van der Waals surface area contributed by atoms with Gasteiger partial charge >= 0.3 is 0 Å². The molecular weight excluding hydrogens is 140 g/mol. The molecule has 3 heteroatoms. The van der Waals surface area contributed by atoms with Crippen molar-refractivity contribution < 1.29 is 5.11 Å². The Balaban J connectivity index is 2.42. The number of β-amino-alcohol motifs (C(OH)–C–C–N with tert-alkyl or cyclic N) is 1. The largest absolute Gasteiger partial charge is 0.394 e. The number of aliphatic hydroxyl groups excluding tert-OH is 1. The summed E-state index contributed by atoms with van der Waals surface area (Å²) in [5.74, 6) is 0. The summed E-state index contributed by atoms with van der Waals surface area (Å²) in [6.45, 7) is 6.19. The van der Waals surface area contributed by atoms with Gasteiger partial charge in [-0.25, -0.2) is 5.01 Å². The van der Waals surface area contributed by atoms with E-state index in [0.717, 1.165) is 6.54 Å². The van der Waals surface area contributed by atoms with Crippen molar-refractivity contribution in [1.82, 2.24) is 10.0 Å². The molecule has 0 aliphatic carbocycles. The van der Waals surface area contributed by atoms with Crippen LogP contribution in [0.2, 0.25) is 0 Å². The van der Waals surface area contributed by atoms with Gasteiger partial charge in [-0.3, -0.25) is 0 Å². The summed E-state index contributed by atoms with van der Waals surface area (Å²) in [7, 11) is 0. The highest BCUT2D eigenvalue weighted by atomic mass is 16.3. The first kappa shape index (κ1) is 8.56. The monoisotopic (exact) mass is 156 g/mol. The third kappa shape index (κ3) is 1.94. The van der Waals surface area contributed by atoms with E-state index < -0.39 is 0 Å². The van der Waals surface area contributed by atoms with E-state index in [0.29, 0.717) is 12.6 Å². The van der Waals surface area contributed by atoms with Gasteiger partial charge in [-0.1, -0.05) is 6.08 Å². The van der Waals surface area contributed by atoms with Crippen LogP contribution in [0.15, 0.2) is 12.3 Å². The van der Waals surface area contributed by atoms with E-state index in [2.05, 4.69) is 29.9 Å². The fourth-order valence-corrected chi connectivity index (χ4v) is 1.28. The van der Waals surface area contributed by atoms with E-state index in [4.69, 9.17) is 5.11 Å². The zero-order chi connectivity index (χ0) is 8.27. The molecule has 1 aliphatic heterocycles. The first-order valence-corrected chi connectivity index (χ1v) is 4.06. The van der Waals surface area contributed by atoms with Gasteiger partial charge in [-0.05, 0) is 13.8 Å². The molecule has 3 nitrogen and oxygen atoms in total. The zero-order valence-electron chi connectivity index (χ0n) is 7.20. The molecule has 0 bridgehead atoms. The Morgan fingerprint density at radius 1 is 1.55 bits per heavy atom. The van der Waals surface area contributed by atoms with E-state index in [9.17, 15) is 0 Å². The molecule has 0 saturated carbocycles. The molecule has 0 unspecified atom stereocenters. The molecule has 1 heterocycles. The molecule has 11 heavy (non-hydrogen) atoms. The lowest BCUT2D eigenvalue weighted by Crippen LogP contribution is -2.41. The second-order valence-corrected chi connectivity index (χ2v) is 2.99. The summed E-state index contributed by atoms with van der Waals surface area (Å²) in [5.41, 5.74) is 0. The van der Waals surface area contributed by atoms with Crippen LogP contribution in [0.1, 0.15) is 13.8 Å². The maximum atomic E-state index is 8.72. The Kier molecular flexibility index (Phi) is 2.91. The number of hydrogen-bond acceptors (Lipinski definition) is 3. The van der Waals surface area contributed by atoms with E-state index in [1.165, 1.54) is 0 Å². The number of hydrogen-bond donors (Lipinski definition) is 1. The molecule has 0 aromatic carbocycles. The number of aliphatic hydroxyl groups is 1. The molecule has 0 aromatic rings. The minimum absolute atomic E-state index is 0.216. The number of hydrazine groups is 1. The van der Waals surface area contributed by atoms with Gasteiger partial charge in [-0.15, -0.1) is 0 Å². The van der Waals surface area contributed by atoms with Crippen molar-refractivity contribution in [2.75, 3.05) is 19.7 Å². The molecule has 0 spiro atoms. The lowest BCUT2D eigenvalue weighted by atomic mass is 10.4. The smallest absolute Gasteiger partial charge is 0.0622 e. The second kappa shape index (κ2) is 3.74. The van der Waals surface area contributed by atoms with Crippen LogP contribution >= 0.6 is 0 Å². The highest BCUT2D eigenvalue weighted by Crippen LogP contribution is 2.10. The van der Waals surface area contributed by atoms with Crippen molar-refractivity contribution in [3.63, 3.8) is 0 Å². The summed E-state index contributed by atoms with van der Waals surface area (Å²) in [6, 6.07) is 0.511. The minimum atomic E-state index is 0.216. The van der Waals surface area contributed by atoms with E-state index >= 15 is 0 Å². The SMILES string of the molecule is CC(C)N1CC=CN1CCO.